The predicted molar refractivity (Wildman–Crippen MR) is 80.6 cm³/mol. The van der Waals surface area contributed by atoms with Crippen LogP contribution in [0.1, 0.15) is 31.2 Å². The van der Waals surface area contributed by atoms with Crippen LogP contribution in [0.3, 0.4) is 0 Å². The SMILES string of the molecule is Cc1cccc(OCCC(CC2CCOCC2)NN)c1. The smallest absolute Gasteiger partial charge is 0.119 e. The molecule has 1 heterocycles. The summed E-state index contributed by atoms with van der Waals surface area (Å²) < 4.78 is 11.2. The van der Waals surface area contributed by atoms with Gasteiger partial charge in [0.1, 0.15) is 5.75 Å². The molecule has 1 saturated heterocycles. The molecule has 112 valence electrons. The molecule has 2 rings (SSSR count). The molecule has 4 nitrogen and oxygen atoms in total. The highest BCUT2D eigenvalue weighted by Crippen LogP contribution is 2.21. The minimum Gasteiger partial charge on any atom is -0.494 e. The van der Waals surface area contributed by atoms with Gasteiger partial charge in [-0.25, -0.2) is 0 Å². The van der Waals surface area contributed by atoms with Crippen LogP contribution in [-0.2, 0) is 4.74 Å². The molecule has 0 radical (unpaired) electrons. The van der Waals surface area contributed by atoms with E-state index in [1.165, 1.54) is 5.56 Å². The predicted octanol–water partition coefficient (Wildman–Crippen LogP) is 2.41. The first-order valence-corrected chi connectivity index (χ1v) is 7.51. The van der Waals surface area contributed by atoms with Gasteiger partial charge in [-0.15, -0.1) is 0 Å². The second-order valence-corrected chi connectivity index (χ2v) is 5.61. The van der Waals surface area contributed by atoms with E-state index in [1.807, 2.05) is 12.1 Å². The van der Waals surface area contributed by atoms with E-state index in [0.717, 1.165) is 50.6 Å². The minimum absolute atomic E-state index is 0.322. The van der Waals surface area contributed by atoms with Crippen molar-refractivity contribution in [3.05, 3.63) is 29.8 Å². The zero-order valence-corrected chi connectivity index (χ0v) is 12.3. The van der Waals surface area contributed by atoms with Gasteiger partial charge >= 0.3 is 0 Å². The second-order valence-electron chi connectivity index (χ2n) is 5.61. The largest absolute Gasteiger partial charge is 0.494 e. The molecule has 20 heavy (non-hydrogen) atoms. The second kappa shape index (κ2) is 8.25. The van der Waals surface area contributed by atoms with Crippen molar-refractivity contribution in [1.82, 2.24) is 5.43 Å². The van der Waals surface area contributed by atoms with E-state index in [-0.39, 0.29) is 0 Å². The molecule has 3 N–H and O–H groups in total. The van der Waals surface area contributed by atoms with Crippen molar-refractivity contribution < 1.29 is 9.47 Å². The lowest BCUT2D eigenvalue weighted by molar-refractivity contribution is 0.0596. The average Bonchev–Trinajstić information content (AvgIpc) is 2.47. The molecule has 1 aromatic carbocycles. The first-order valence-electron chi connectivity index (χ1n) is 7.51. The number of benzene rings is 1. The summed E-state index contributed by atoms with van der Waals surface area (Å²) in [5.74, 6) is 7.32. The number of ether oxygens (including phenoxy) is 2. The normalized spacial score (nSPS) is 17.9. The molecule has 0 aliphatic carbocycles. The maximum Gasteiger partial charge on any atom is 0.119 e. The molecule has 0 bridgehead atoms. The Labute approximate surface area is 121 Å². The maximum absolute atomic E-state index is 5.79. The van der Waals surface area contributed by atoms with Crippen LogP contribution in [0.25, 0.3) is 0 Å². The minimum atomic E-state index is 0.322. The van der Waals surface area contributed by atoms with Gasteiger partial charge in [-0.05, 0) is 56.2 Å². The van der Waals surface area contributed by atoms with Crippen molar-refractivity contribution in [2.24, 2.45) is 11.8 Å². The van der Waals surface area contributed by atoms with Crippen LogP contribution >= 0.6 is 0 Å². The summed E-state index contributed by atoms with van der Waals surface area (Å²) in [5.41, 5.74) is 4.15. The third-order valence-corrected chi connectivity index (χ3v) is 3.92. The van der Waals surface area contributed by atoms with E-state index in [2.05, 4.69) is 24.5 Å². The van der Waals surface area contributed by atoms with E-state index in [4.69, 9.17) is 15.3 Å². The van der Waals surface area contributed by atoms with E-state index in [9.17, 15) is 0 Å². The summed E-state index contributed by atoms with van der Waals surface area (Å²) in [7, 11) is 0. The molecule has 1 aromatic rings. The van der Waals surface area contributed by atoms with Gasteiger partial charge in [0.25, 0.3) is 0 Å². The lowest BCUT2D eigenvalue weighted by atomic mass is 9.92. The molecule has 1 atom stereocenters. The lowest BCUT2D eigenvalue weighted by Gasteiger charge is -2.26. The Balaban J connectivity index is 1.70. The van der Waals surface area contributed by atoms with Crippen molar-refractivity contribution in [1.29, 1.82) is 0 Å². The molecule has 0 spiro atoms. The van der Waals surface area contributed by atoms with Gasteiger partial charge in [0.05, 0.1) is 6.61 Å². The van der Waals surface area contributed by atoms with E-state index in [1.54, 1.807) is 0 Å². The highest BCUT2D eigenvalue weighted by atomic mass is 16.5. The molecule has 0 amide bonds. The van der Waals surface area contributed by atoms with Crippen molar-refractivity contribution in [3.8, 4) is 5.75 Å². The first-order chi connectivity index (χ1) is 9.78. The molecular weight excluding hydrogens is 252 g/mol. The van der Waals surface area contributed by atoms with E-state index in [0.29, 0.717) is 12.6 Å². The van der Waals surface area contributed by atoms with Crippen molar-refractivity contribution in [2.45, 2.75) is 38.6 Å². The molecule has 4 heteroatoms. The number of hydrazine groups is 1. The molecule has 1 unspecified atom stereocenters. The topological polar surface area (TPSA) is 56.5 Å². The quantitative estimate of drug-likeness (QED) is 0.594. The lowest BCUT2D eigenvalue weighted by Crippen LogP contribution is -2.38. The number of aryl methyl sites for hydroxylation is 1. The summed E-state index contributed by atoms with van der Waals surface area (Å²) in [6.45, 7) is 4.55. The Kier molecular flexibility index (Phi) is 6.30. The third kappa shape index (κ3) is 5.12. The van der Waals surface area contributed by atoms with Crippen LogP contribution in [0.5, 0.6) is 5.75 Å². The van der Waals surface area contributed by atoms with Gasteiger partial charge in [-0.3, -0.25) is 11.3 Å². The standard InChI is InChI=1S/C16H26N2O2/c1-13-3-2-4-16(11-13)20-10-7-15(18-17)12-14-5-8-19-9-6-14/h2-4,11,14-15,18H,5-10,12,17H2,1H3. The summed E-state index contributed by atoms with van der Waals surface area (Å²) in [6.07, 6.45) is 4.34. The molecule has 1 fully saturated rings. The summed E-state index contributed by atoms with van der Waals surface area (Å²) >= 11 is 0. The maximum atomic E-state index is 5.79. The number of nitrogens with one attached hydrogen (secondary N) is 1. The van der Waals surface area contributed by atoms with Crippen molar-refractivity contribution in [2.75, 3.05) is 19.8 Å². The Morgan fingerprint density at radius 1 is 1.40 bits per heavy atom. The van der Waals surface area contributed by atoms with Gasteiger partial charge in [-0.2, -0.15) is 0 Å². The van der Waals surface area contributed by atoms with Crippen LogP contribution in [0.2, 0.25) is 0 Å². The van der Waals surface area contributed by atoms with Gasteiger partial charge in [0, 0.05) is 19.3 Å². The number of hydrogen-bond acceptors (Lipinski definition) is 4. The Hall–Kier alpha value is -1.10. The van der Waals surface area contributed by atoms with Crippen molar-refractivity contribution >= 4 is 0 Å². The monoisotopic (exact) mass is 278 g/mol. The molecule has 0 aromatic heterocycles. The number of hydrogen-bond donors (Lipinski definition) is 2. The number of rotatable bonds is 7. The van der Waals surface area contributed by atoms with Crippen LogP contribution in [-0.4, -0.2) is 25.9 Å². The summed E-state index contributed by atoms with van der Waals surface area (Å²) in [5, 5.41) is 0. The Morgan fingerprint density at radius 3 is 2.90 bits per heavy atom. The zero-order valence-electron chi connectivity index (χ0n) is 12.3. The van der Waals surface area contributed by atoms with Crippen molar-refractivity contribution in [3.63, 3.8) is 0 Å². The van der Waals surface area contributed by atoms with E-state index >= 15 is 0 Å². The van der Waals surface area contributed by atoms with Gasteiger partial charge < -0.3 is 9.47 Å². The van der Waals surface area contributed by atoms with Crippen LogP contribution < -0.4 is 16.0 Å². The Bertz CT molecular complexity index is 392. The van der Waals surface area contributed by atoms with Crippen LogP contribution in [0.4, 0.5) is 0 Å². The molecule has 1 aliphatic heterocycles. The molecule has 0 saturated carbocycles. The third-order valence-electron chi connectivity index (χ3n) is 3.92. The fourth-order valence-electron chi connectivity index (χ4n) is 2.68. The average molecular weight is 278 g/mol. The Morgan fingerprint density at radius 2 is 2.20 bits per heavy atom. The number of nitrogens with two attached hydrogens (primary N) is 1. The van der Waals surface area contributed by atoms with Gasteiger partial charge in [0.2, 0.25) is 0 Å². The van der Waals surface area contributed by atoms with Crippen LogP contribution in [0.15, 0.2) is 24.3 Å². The molecule has 1 aliphatic rings. The summed E-state index contributed by atoms with van der Waals surface area (Å²) in [6, 6.07) is 8.47. The first kappa shape index (κ1) is 15.3. The van der Waals surface area contributed by atoms with E-state index < -0.39 is 0 Å². The molecular formula is C16H26N2O2. The summed E-state index contributed by atoms with van der Waals surface area (Å²) in [4.78, 5) is 0. The zero-order chi connectivity index (χ0) is 14.2. The fraction of sp³-hybridized carbons (Fsp3) is 0.625. The highest BCUT2D eigenvalue weighted by Gasteiger charge is 2.18. The fourth-order valence-corrected chi connectivity index (χ4v) is 2.68. The van der Waals surface area contributed by atoms with Crippen LogP contribution in [0, 0.1) is 12.8 Å². The van der Waals surface area contributed by atoms with Gasteiger partial charge in [0.15, 0.2) is 0 Å². The van der Waals surface area contributed by atoms with Gasteiger partial charge in [-0.1, -0.05) is 12.1 Å². The highest BCUT2D eigenvalue weighted by molar-refractivity contribution is 5.27.